The van der Waals surface area contributed by atoms with E-state index in [0.717, 1.165) is 25.0 Å². The van der Waals surface area contributed by atoms with Crippen molar-refractivity contribution in [2.45, 2.75) is 32.6 Å². The number of hydrazone groups is 1. The van der Waals surface area contributed by atoms with Gasteiger partial charge in [0.1, 0.15) is 10.7 Å². The fraction of sp³-hybridized carbons (Fsp3) is 0.462. The number of aromatic nitrogens is 1. The van der Waals surface area contributed by atoms with E-state index in [1.165, 1.54) is 6.42 Å². The first-order chi connectivity index (χ1) is 9.90. The van der Waals surface area contributed by atoms with Crippen molar-refractivity contribution in [3.05, 3.63) is 20.9 Å². The molecule has 0 spiro atoms. The summed E-state index contributed by atoms with van der Waals surface area (Å²) in [6.45, 7) is 2.16. The Labute approximate surface area is 137 Å². The Balaban J connectivity index is 2.31. The summed E-state index contributed by atoms with van der Waals surface area (Å²) >= 11 is 17.8. The van der Waals surface area contributed by atoms with Crippen molar-refractivity contribution >= 4 is 52.2 Å². The predicted octanol–water partition coefficient (Wildman–Crippen LogP) is 3.38. The normalized spacial score (nSPS) is 20.6. The third kappa shape index (κ3) is 3.78. The van der Waals surface area contributed by atoms with Gasteiger partial charge in [0.15, 0.2) is 5.15 Å². The van der Waals surface area contributed by atoms with Crippen LogP contribution < -0.4 is 10.5 Å². The molecular weight excluding hydrogens is 337 g/mol. The maximum atomic E-state index is 11.0. The van der Waals surface area contributed by atoms with Crippen molar-refractivity contribution in [3.63, 3.8) is 0 Å². The zero-order chi connectivity index (χ0) is 15.6. The Kier molecular flexibility index (Phi) is 5.30. The zero-order valence-electron chi connectivity index (χ0n) is 11.3. The van der Waals surface area contributed by atoms with Gasteiger partial charge < -0.3 is 9.90 Å². The minimum atomic E-state index is -1.53. The van der Waals surface area contributed by atoms with Crippen LogP contribution in [0.5, 0.6) is 0 Å². The largest absolute Gasteiger partial charge is 0.543 e. The summed E-state index contributed by atoms with van der Waals surface area (Å²) in [5.74, 6) is -0.953. The van der Waals surface area contributed by atoms with E-state index in [1.54, 1.807) is 0 Å². The molecule has 1 heterocycles. The molecule has 1 saturated carbocycles. The number of pyridine rings is 1. The fourth-order valence-electron chi connectivity index (χ4n) is 2.25. The Morgan fingerprint density at radius 3 is 2.71 bits per heavy atom. The maximum absolute atomic E-state index is 11.0. The van der Waals surface area contributed by atoms with Crippen molar-refractivity contribution in [1.29, 1.82) is 0 Å². The summed E-state index contributed by atoms with van der Waals surface area (Å²) < 4.78 is 0. The summed E-state index contributed by atoms with van der Waals surface area (Å²) in [4.78, 5) is 14.6. The van der Waals surface area contributed by atoms with Crippen molar-refractivity contribution in [3.8, 4) is 0 Å². The van der Waals surface area contributed by atoms with E-state index in [-0.39, 0.29) is 20.9 Å². The summed E-state index contributed by atoms with van der Waals surface area (Å²) in [5.41, 5.74) is 3.37. The van der Waals surface area contributed by atoms with E-state index >= 15 is 0 Å². The first kappa shape index (κ1) is 16.3. The molecule has 0 aromatic carbocycles. The van der Waals surface area contributed by atoms with Crippen LogP contribution in [0.2, 0.25) is 15.2 Å². The van der Waals surface area contributed by atoms with Crippen molar-refractivity contribution in [2.24, 2.45) is 11.0 Å². The van der Waals surface area contributed by atoms with Crippen LogP contribution in [0.1, 0.15) is 43.1 Å². The third-order valence-electron chi connectivity index (χ3n) is 3.30. The Hall–Kier alpha value is -1.04. The van der Waals surface area contributed by atoms with Gasteiger partial charge in [-0.3, -0.25) is 5.43 Å². The molecule has 0 aliphatic heterocycles. The molecule has 21 heavy (non-hydrogen) atoms. The smallest absolute Gasteiger partial charge is 0.150 e. The van der Waals surface area contributed by atoms with Crippen LogP contribution in [-0.2, 0) is 0 Å². The molecule has 0 bridgehead atoms. The molecule has 8 heteroatoms. The molecule has 1 atom stereocenters. The lowest BCUT2D eigenvalue weighted by molar-refractivity contribution is -0.255. The number of carbonyl (C=O) groups is 1. The van der Waals surface area contributed by atoms with E-state index < -0.39 is 11.7 Å². The SMILES string of the molecule is C[C@@H]1CCC/C(=N/Nc2c(Cl)c(Cl)nc(C(=O)[O-])c2Cl)C1. The molecule has 2 rings (SSSR count). The first-order valence-corrected chi connectivity index (χ1v) is 7.60. The van der Waals surface area contributed by atoms with Crippen molar-refractivity contribution < 1.29 is 9.90 Å². The number of hydrogen-bond donors (Lipinski definition) is 1. The average Bonchev–Trinajstić information content (AvgIpc) is 2.42. The number of nitrogens with one attached hydrogen (secondary N) is 1. The van der Waals surface area contributed by atoms with Crippen LogP contribution in [0.3, 0.4) is 0 Å². The highest BCUT2D eigenvalue weighted by Crippen LogP contribution is 2.36. The Morgan fingerprint density at radius 1 is 1.38 bits per heavy atom. The molecule has 0 saturated heterocycles. The molecule has 0 radical (unpaired) electrons. The molecule has 5 nitrogen and oxygen atoms in total. The topological polar surface area (TPSA) is 77.4 Å². The van der Waals surface area contributed by atoms with Crippen LogP contribution in [0.25, 0.3) is 0 Å². The number of carboxylic acids is 1. The highest BCUT2D eigenvalue weighted by atomic mass is 35.5. The van der Waals surface area contributed by atoms with Gasteiger partial charge >= 0.3 is 0 Å². The van der Waals surface area contributed by atoms with E-state index in [2.05, 4.69) is 22.4 Å². The second kappa shape index (κ2) is 6.81. The summed E-state index contributed by atoms with van der Waals surface area (Å²) in [6, 6.07) is 0. The van der Waals surface area contributed by atoms with Crippen LogP contribution in [0.4, 0.5) is 5.69 Å². The monoisotopic (exact) mass is 348 g/mol. The minimum absolute atomic E-state index is 0.0277. The molecular formula is C13H13Cl3N3O2-. The first-order valence-electron chi connectivity index (χ1n) is 6.47. The van der Waals surface area contributed by atoms with Crippen LogP contribution in [-0.4, -0.2) is 16.7 Å². The van der Waals surface area contributed by atoms with E-state index in [4.69, 9.17) is 34.8 Å². The van der Waals surface area contributed by atoms with Gasteiger partial charge in [0, 0.05) is 5.71 Å². The van der Waals surface area contributed by atoms with Gasteiger partial charge in [-0.05, 0) is 31.6 Å². The average molecular weight is 350 g/mol. The van der Waals surface area contributed by atoms with Gasteiger partial charge in [-0.1, -0.05) is 41.7 Å². The molecule has 1 fully saturated rings. The lowest BCUT2D eigenvalue weighted by Crippen LogP contribution is -2.24. The van der Waals surface area contributed by atoms with Gasteiger partial charge in [-0.2, -0.15) is 5.10 Å². The second-order valence-electron chi connectivity index (χ2n) is 5.03. The molecule has 1 aromatic rings. The number of carboxylic acid groups (broad SMARTS) is 1. The number of aromatic carboxylic acids is 1. The van der Waals surface area contributed by atoms with Crippen molar-refractivity contribution in [1.82, 2.24) is 4.98 Å². The van der Waals surface area contributed by atoms with Gasteiger partial charge in [-0.25, -0.2) is 4.98 Å². The Morgan fingerprint density at radius 2 is 2.10 bits per heavy atom. The molecule has 1 N–H and O–H groups in total. The highest BCUT2D eigenvalue weighted by Gasteiger charge is 2.18. The number of carbonyl (C=O) groups excluding carboxylic acids is 1. The lowest BCUT2D eigenvalue weighted by atomic mass is 9.89. The summed E-state index contributed by atoms with van der Waals surface area (Å²) in [5, 5.41) is 14.9. The molecule has 114 valence electrons. The minimum Gasteiger partial charge on any atom is -0.543 e. The van der Waals surface area contributed by atoms with E-state index in [9.17, 15) is 9.90 Å². The van der Waals surface area contributed by atoms with Crippen molar-refractivity contribution in [2.75, 3.05) is 5.43 Å². The standard InChI is InChI=1S/C13H14Cl3N3O2/c1-6-3-2-4-7(5-6)18-19-10-8(14)11(13(20)21)17-12(16)9(10)15/h6H,2-5H2,1H3,(H,17,19)(H,20,21)/p-1/b18-7-/t6-/m1/s1. The highest BCUT2D eigenvalue weighted by molar-refractivity contribution is 6.46. The number of rotatable bonds is 3. The lowest BCUT2D eigenvalue weighted by Gasteiger charge is -2.19. The van der Waals surface area contributed by atoms with Gasteiger partial charge in [0.25, 0.3) is 0 Å². The zero-order valence-corrected chi connectivity index (χ0v) is 13.5. The van der Waals surface area contributed by atoms with Gasteiger partial charge in [0.2, 0.25) is 0 Å². The fourth-order valence-corrected chi connectivity index (χ4v) is 2.91. The molecule has 1 aliphatic rings. The molecule has 0 unspecified atom stereocenters. The molecule has 0 amide bonds. The van der Waals surface area contributed by atoms with E-state index in [0.29, 0.717) is 5.92 Å². The van der Waals surface area contributed by atoms with Crippen LogP contribution in [0.15, 0.2) is 5.10 Å². The molecule has 1 aliphatic carbocycles. The molecule has 1 aromatic heterocycles. The number of nitrogens with zero attached hydrogens (tertiary/aromatic N) is 2. The second-order valence-corrected chi connectivity index (χ2v) is 6.15. The summed E-state index contributed by atoms with van der Waals surface area (Å²) in [6.07, 6.45) is 4.02. The number of halogens is 3. The maximum Gasteiger partial charge on any atom is 0.150 e. The van der Waals surface area contributed by atoms with Crippen LogP contribution >= 0.6 is 34.8 Å². The third-order valence-corrected chi connectivity index (χ3v) is 4.41. The Bertz CT molecular complexity index is 605. The van der Waals surface area contributed by atoms with Gasteiger partial charge in [0.05, 0.1) is 16.7 Å². The number of hydrogen-bond acceptors (Lipinski definition) is 5. The quantitative estimate of drug-likeness (QED) is 0.670. The number of anilines is 1. The van der Waals surface area contributed by atoms with E-state index in [1.807, 2.05) is 0 Å². The van der Waals surface area contributed by atoms with Crippen LogP contribution in [0, 0.1) is 5.92 Å². The predicted molar refractivity (Wildman–Crippen MR) is 82.3 cm³/mol. The summed E-state index contributed by atoms with van der Waals surface area (Å²) in [7, 11) is 0. The van der Waals surface area contributed by atoms with Gasteiger partial charge in [-0.15, -0.1) is 0 Å².